The maximum Gasteiger partial charge on any atom is 0.326 e. The summed E-state index contributed by atoms with van der Waals surface area (Å²) < 4.78 is 0. The zero-order chi connectivity index (χ0) is 13.1. The lowest BCUT2D eigenvalue weighted by atomic mass is 10.3. The van der Waals surface area contributed by atoms with Gasteiger partial charge in [0.2, 0.25) is 5.91 Å². The number of carbonyl (C=O) groups is 2. The highest BCUT2D eigenvalue weighted by molar-refractivity contribution is 7.99. The minimum absolute atomic E-state index is 0.154. The summed E-state index contributed by atoms with van der Waals surface area (Å²) >= 11 is 1.50. The summed E-state index contributed by atoms with van der Waals surface area (Å²) in [7, 11) is 1.61. The molecule has 3 amide bonds. The summed E-state index contributed by atoms with van der Waals surface area (Å²) in [4.78, 5) is 26.7. The molecule has 1 heterocycles. The van der Waals surface area contributed by atoms with E-state index in [1.807, 2.05) is 6.07 Å². The van der Waals surface area contributed by atoms with E-state index in [-0.39, 0.29) is 24.2 Å². The van der Waals surface area contributed by atoms with Gasteiger partial charge in [-0.15, -0.1) is 11.8 Å². The predicted octanol–water partition coefficient (Wildman–Crippen LogP) is 1.38. The first kappa shape index (κ1) is 12.8. The van der Waals surface area contributed by atoms with E-state index < -0.39 is 0 Å². The van der Waals surface area contributed by atoms with Crippen LogP contribution in [0.3, 0.4) is 0 Å². The van der Waals surface area contributed by atoms with Crippen LogP contribution >= 0.6 is 11.8 Å². The molecule has 0 spiro atoms. The zero-order valence-electron chi connectivity index (χ0n) is 10.00. The SMILES string of the molecule is CN1CC(=O)N(CCSc2cccc(O)c2)C1=O. The van der Waals surface area contributed by atoms with Crippen LogP contribution in [0.4, 0.5) is 4.79 Å². The molecule has 1 aliphatic heterocycles. The van der Waals surface area contributed by atoms with Gasteiger partial charge in [-0.05, 0) is 18.2 Å². The van der Waals surface area contributed by atoms with Crippen LogP contribution in [0.1, 0.15) is 0 Å². The molecule has 0 saturated carbocycles. The Morgan fingerprint density at radius 2 is 2.17 bits per heavy atom. The van der Waals surface area contributed by atoms with Gasteiger partial charge < -0.3 is 10.0 Å². The molecule has 1 fully saturated rings. The normalized spacial score (nSPS) is 15.6. The summed E-state index contributed by atoms with van der Waals surface area (Å²) in [6, 6.07) is 6.66. The van der Waals surface area contributed by atoms with Crippen LogP contribution in [0.25, 0.3) is 0 Å². The number of likely N-dealkylation sites (N-methyl/N-ethyl adjacent to an activating group) is 1. The van der Waals surface area contributed by atoms with Gasteiger partial charge in [0.25, 0.3) is 0 Å². The number of aromatic hydroxyl groups is 1. The second kappa shape index (κ2) is 5.30. The van der Waals surface area contributed by atoms with Gasteiger partial charge in [0.1, 0.15) is 12.3 Å². The molecular formula is C12H14N2O3S. The number of carbonyl (C=O) groups excluding carboxylic acids is 2. The van der Waals surface area contributed by atoms with E-state index in [4.69, 9.17) is 0 Å². The number of urea groups is 1. The summed E-state index contributed by atoms with van der Waals surface area (Å²) in [6.07, 6.45) is 0. The van der Waals surface area contributed by atoms with Crippen molar-refractivity contribution in [3.63, 3.8) is 0 Å². The number of nitrogens with zero attached hydrogens (tertiary/aromatic N) is 2. The smallest absolute Gasteiger partial charge is 0.326 e. The highest BCUT2D eigenvalue weighted by Gasteiger charge is 2.32. The topological polar surface area (TPSA) is 60.9 Å². The van der Waals surface area contributed by atoms with Crippen LogP contribution in [0.15, 0.2) is 29.2 Å². The van der Waals surface area contributed by atoms with Crippen molar-refractivity contribution in [3.05, 3.63) is 24.3 Å². The van der Waals surface area contributed by atoms with Crippen molar-refractivity contribution in [3.8, 4) is 5.75 Å². The lowest BCUT2D eigenvalue weighted by Gasteiger charge is -2.13. The first-order chi connectivity index (χ1) is 8.58. The first-order valence-electron chi connectivity index (χ1n) is 5.55. The molecule has 2 rings (SSSR count). The van der Waals surface area contributed by atoms with E-state index >= 15 is 0 Å². The van der Waals surface area contributed by atoms with Crippen molar-refractivity contribution in [2.24, 2.45) is 0 Å². The number of hydrogen-bond acceptors (Lipinski definition) is 4. The fourth-order valence-corrected chi connectivity index (χ4v) is 2.61. The number of hydrogen-bond donors (Lipinski definition) is 1. The average Bonchev–Trinajstić information content (AvgIpc) is 2.56. The molecule has 1 aliphatic rings. The lowest BCUT2D eigenvalue weighted by molar-refractivity contribution is -0.125. The second-order valence-corrected chi connectivity index (χ2v) is 5.20. The molecule has 0 aromatic heterocycles. The van der Waals surface area contributed by atoms with Crippen molar-refractivity contribution >= 4 is 23.7 Å². The third-order valence-electron chi connectivity index (χ3n) is 2.63. The third-order valence-corrected chi connectivity index (χ3v) is 3.61. The van der Waals surface area contributed by atoms with Crippen LogP contribution in [0.5, 0.6) is 5.75 Å². The van der Waals surface area contributed by atoms with Crippen molar-refractivity contribution in [2.75, 3.05) is 25.9 Å². The van der Waals surface area contributed by atoms with Gasteiger partial charge in [-0.1, -0.05) is 6.07 Å². The van der Waals surface area contributed by atoms with E-state index in [0.29, 0.717) is 12.3 Å². The number of thioether (sulfide) groups is 1. The maximum atomic E-state index is 11.6. The van der Waals surface area contributed by atoms with Gasteiger partial charge in [0, 0.05) is 24.2 Å². The standard InChI is InChI=1S/C12H14N2O3S/c1-13-8-11(16)14(12(13)17)5-6-18-10-4-2-3-9(15)7-10/h2-4,7,15H,5-6,8H2,1H3. The van der Waals surface area contributed by atoms with E-state index in [1.165, 1.54) is 21.6 Å². The van der Waals surface area contributed by atoms with Crippen LogP contribution in [0, 0.1) is 0 Å². The van der Waals surface area contributed by atoms with Crippen LogP contribution in [-0.4, -0.2) is 52.7 Å². The zero-order valence-corrected chi connectivity index (χ0v) is 10.8. The molecule has 0 radical (unpaired) electrons. The van der Waals surface area contributed by atoms with E-state index in [2.05, 4.69) is 0 Å². The predicted molar refractivity (Wildman–Crippen MR) is 68.6 cm³/mol. The Labute approximate surface area is 109 Å². The average molecular weight is 266 g/mol. The largest absolute Gasteiger partial charge is 0.508 e. The summed E-state index contributed by atoms with van der Waals surface area (Å²) in [5.74, 6) is 0.682. The summed E-state index contributed by atoms with van der Waals surface area (Å²) in [5.41, 5.74) is 0. The fourth-order valence-electron chi connectivity index (χ4n) is 1.72. The van der Waals surface area contributed by atoms with Gasteiger partial charge in [-0.2, -0.15) is 0 Å². The molecular weight excluding hydrogens is 252 g/mol. The molecule has 5 nitrogen and oxygen atoms in total. The minimum Gasteiger partial charge on any atom is -0.508 e. The Bertz CT molecular complexity index is 478. The highest BCUT2D eigenvalue weighted by Crippen LogP contribution is 2.22. The molecule has 0 atom stereocenters. The summed E-state index contributed by atoms with van der Waals surface area (Å²) in [5, 5.41) is 9.30. The van der Waals surface area contributed by atoms with Gasteiger partial charge in [-0.25, -0.2) is 4.79 Å². The maximum absolute atomic E-state index is 11.6. The molecule has 0 unspecified atom stereocenters. The van der Waals surface area contributed by atoms with E-state index in [9.17, 15) is 14.7 Å². The number of amides is 3. The van der Waals surface area contributed by atoms with Crippen molar-refractivity contribution in [1.82, 2.24) is 9.80 Å². The Morgan fingerprint density at radius 1 is 1.39 bits per heavy atom. The molecule has 0 aliphatic carbocycles. The first-order valence-corrected chi connectivity index (χ1v) is 6.54. The van der Waals surface area contributed by atoms with Crippen LogP contribution in [-0.2, 0) is 4.79 Å². The Balaban J connectivity index is 1.86. The van der Waals surface area contributed by atoms with Crippen LogP contribution in [0.2, 0.25) is 0 Å². The number of benzene rings is 1. The van der Waals surface area contributed by atoms with Crippen molar-refractivity contribution in [1.29, 1.82) is 0 Å². The minimum atomic E-state index is -0.239. The number of imide groups is 1. The molecule has 1 saturated heterocycles. The van der Waals surface area contributed by atoms with Crippen molar-refractivity contribution < 1.29 is 14.7 Å². The van der Waals surface area contributed by atoms with Gasteiger partial charge in [0.15, 0.2) is 0 Å². The fraction of sp³-hybridized carbons (Fsp3) is 0.333. The third kappa shape index (κ3) is 2.76. The van der Waals surface area contributed by atoms with Gasteiger partial charge in [0.05, 0.1) is 0 Å². The van der Waals surface area contributed by atoms with Crippen molar-refractivity contribution in [2.45, 2.75) is 4.90 Å². The Hall–Kier alpha value is -1.69. The summed E-state index contributed by atoms with van der Waals surface area (Å²) in [6.45, 7) is 0.554. The molecule has 1 N–H and O–H groups in total. The highest BCUT2D eigenvalue weighted by atomic mass is 32.2. The monoisotopic (exact) mass is 266 g/mol. The van der Waals surface area contributed by atoms with E-state index in [1.54, 1.807) is 25.2 Å². The molecule has 0 bridgehead atoms. The number of phenolic OH excluding ortho intramolecular Hbond substituents is 1. The molecule has 96 valence electrons. The van der Waals surface area contributed by atoms with Crippen LogP contribution < -0.4 is 0 Å². The molecule has 18 heavy (non-hydrogen) atoms. The van der Waals surface area contributed by atoms with Gasteiger partial charge >= 0.3 is 6.03 Å². The molecule has 6 heteroatoms. The molecule has 1 aromatic rings. The van der Waals surface area contributed by atoms with Gasteiger partial charge in [-0.3, -0.25) is 9.69 Å². The number of phenols is 1. The van der Waals surface area contributed by atoms with E-state index in [0.717, 1.165) is 4.90 Å². The molecule has 1 aromatic carbocycles. The number of rotatable bonds is 4. The lowest BCUT2D eigenvalue weighted by Crippen LogP contribution is -2.33. The second-order valence-electron chi connectivity index (χ2n) is 4.03. The Morgan fingerprint density at radius 3 is 2.78 bits per heavy atom. The Kier molecular flexibility index (Phi) is 3.76. The quantitative estimate of drug-likeness (QED) is 0.660.